The molecule has 1 aliphatic heterocycles. The van der Waals surface area contributed by atoms with Crippen LogP contribution in [0.3, 0.4) is 0 Å². The predicted molar refractivity (Wildman–Crippen MR) is 92.6 cm³/mol. The van der Waals surface area contributed by atoms with E-state index >= 15 is 0 Å². The third kappa shape index (κ3) is 2.71. The molecule has 0 radical (unpaired) electrons. The number of benzene rings is 1. The molecule has 0 aromatic heterocycles. The molecule has 6 nitrogen and oxygen atoms in total. The fraction of sp³-hybridized carbons (Fsp3) is 0.421. The van der Waals surface area contributed by atoms with E-state index in [4.69, 9.17) is 0 Å². The van der Waals surface area contributed by atoms with Gasteiger partial charge in [0.15, 0.2) is 0 Å². The summed E-state index contributed by atoms with van der Waals surface area (Å²) in [5.74, 6) is -0.0727. The van der Waals surface area contributed by atoms with Gasteiger partial charge in [-0.25, -0.2) is 4.79 Å². The molecule has 4 atom stereocenters. The topological polar surface area (TPSA) is 78.5 Å². The van der Waals surface area contributed by atoms with Crippen molar-refractivity contribution < 1.29 is 14.4 Å². The van der Waals surface area contributed by atoms with Gasteiger partial charge in [0, 0.05) is 18.8 Å². The van der Waals surface area contributed by atoms with Crippen molar-refractivity contribution in [2.24, 2.45) is 23.7 Å². The summed E-state index contributed by atoms with van der Waals surface area (Å²) < 4.78 is 0. The summed E-state index contributed by atoms with van der Waals surface area (Å²) in [7, 11) is 0. The molecule has 25 heavy (non-hydrogen) atoms. The third-order valence-corrected chi connectivity index (χ3v) is 5.49. The average molecular weight is 339 g/mol. The Morgan fingerprint density at radius 1 is 1.08 bits per heavy atom. The maximum Gasteiger partial charge on any atom is 0.319 e. The van der Waals surface area contributed by atoms with Gasteiger partial charge < -0.3 is 10.6 Å². The summed E-state index contributed by atoms with van der Waals surface area (Å²) in [5.41, 5.74) is 1.82. The first-order chi connectivity index (χ1) is 12.0. The van der Waals surface area contributed by atoms with Gasteiger partial charge in [-0.05, 0) is 37.3 Å². The van der Waals surface area contributed by atoms with E-state index in [9.17, 15) is 14.4 Å². The molecule has 3 aliphatic rings. The van der Waals surface area contributed by atoms with Crippen LogP contribution in [-0.4, -0.2) is 35.8 Å². The highest BCUT2D eigenvalue weighted by Crippen LogP contribution is 2.52. The number of amides is 4. The van der Waals surface area contributed by atoms with Crippen molar-refractivity contribution in [2.45, 2.75) is 13.3 Å². The summed E-state index contributed by atoms with van der Waals surface area (Å²) >= 11 is 0. The molecule has 1 aromatic rings. The zero-order valence-electron chi connectivity index (χ0n) is 14.1. The molecule has 2 N–H and O–H groups in total. The minimum atomic E-state index is -0.343. The van der Waals surface area contributed by atoms with Crippen molar-refractivity contribution in [2.75, 3.05) is 18.4 Å². The summed E-state index contributed by atoms with van der Waals surface area (Å²) in [6.07, 6.45) is 5.08. The Labute approximate surface area is 146 Å². The van der Waals surface area contributed by atoms with E-state index in [1.54, 1.807) is 0 Å². The lowest BCUT2D eigenvalue weighted by molar-refractivity contribution is -0.140. The van der Waals surface area contributed by atoms with E-state index in [2.05, 4.69) is 22.8 Å². The first-order valence-electron chi connectivity index (χ1n) is 8.69. The highest BCUT2D eigenvalue weighted by atomic mass is 16.2. The van der Waals surface area contributed by atoms with E-state index in [0.717, 1.165) is 12.0 Å². The van der Waals surface area contributed by atoms with Crippen LogP contribution in [0.5, 0.6) is 0 Å². The first-order valence-corrected chi connectivity index (χ1v) is 8.69. The van der Waals surface area contributed by atoms with Gasteiger partial charge in [-0.2, -0.15) is 0 Å². The largest absolute Gasteiger partial charge is 0.336 e. The third-order valence-electron chi connectivity index (χ3n) is 5.49. The van der Waals surface area contributed by atoms with Crippen molar-refractivity contribution in [1.29, 1.82) is 0 Å². The fourth-order valence-electron chi connectivity index (χ4n) is 4.28. The lowest BCUT2D eigenvalue weighted by Gasteiger charge is -2.17. The highest BCUT2D eigenvalue weighted by molar-refractivity contribution is 6.06. The summed E-state index contributed by atoms with van der Waals surface area (Å²) in [6.45, 7) is 2.45. The quantitative estimate of drug-likeness (QED) is 0.650. The minimum absolute atomic E-state index is 0.0763. The van der Waals surface area contributed by atoms with E-state index < -0.39 is 0 Å². The van der Waals surface area contributed by atoms with Gasteiger partial charge in [0.05, 0.1) is 11.8 Å². The Kier molecular flexibility index (Phi) is 3.82. The molecule has 0 spiro atoms. The number of carbonyl (C=O) groups excluding carboxylic acids is 3. The molecule has 130 valence electrons. The Morgan fingerprint density at radius 3 is 2.28 bits per heavy atom. The van der Waals surface area contributed by atoms with E-state index in [-0.39, 0.29) is 54.6 Å². The molecule has 4 rings (SSSR count). The van der Waals surface area contributed by atoms with Crippen LogP contribution in [0.15, 0.2) is 36.4 Å². The molecule has 1 aromatic carbocycles. The normalized spacial score (nSPS) is 29.2. The Hall–Kier alpha value is -2.63. The number of likely N-dealkylation sites (tertiary alicyclic amines) is 1. The zero-order valence-corrected chi connectivity index (χ0v) is 14.1. The second-order valence-electron chi connectivity index (χ2n) is 7.07. The van der Waals surface area contributed by atoms with Crippen LogP contribution in [0.25, 0.3) is 0 Å². The van der Waals surface area contributed by atoms with E-state index in [1.165, 1.54) is 4.90 Å². The van der Waals surface area contributed by atoms with Crippen molar-refractivity contribution in [3.8, 4) is 0 Å². The van der Waals surface area contributed by atoms with Crippen LogP contribution >= 0.6 is 0 Å². The first kappa shape index (κ1) is 15.9. The molecule has 2 fully saturated rings. The Bertz CT molecular complexity index is 726. The van der Waals surface area contributed by atoms with Crippen LogP contribution in [0.2, 0.25) is 0 Å². The van der Waals surface area contributed by atoms with Crippen molar-refractivity contribution in [3.05, 3.63) is 42.0 Å². The van der Waals surface area contributed by atoms with Crippen molar-refractivity contribution in [3.63, 3.8) is 0 Å². The zero-order chi connectivity index (χ0) is 17.6. The van der Waals surface area contributed by atoms with Crippen molar-refractivity contribution >= 4 is 23.5 Å². The number of anilines is 1. The molecular weight excluding hydrogens is 318 g/mol. The fourth-order valence-corrected chi connectivity index (χ4v) is 4.28. The van der Waals surface area contributed by atoms with Crippen LogP contribution in [0.1, 0.15) is 12.0 Å². The number of aryl methyl sites for hydroxylation is 1. The van der Waals surface area contributed by atoms with Gasteiger partial charge in [0.1, 0.15) is 0 Å². The number of allylic oxidation sites excluding steroid dienone is 2. The van der Waals surface area contributed by atoms with Gasteiger partial charge in [0.2, 0.25) is 11.8 Å². The van der Waals surface area contributed by atoms with E-state index in [0.29, 0.717) is 5.69 Å². The van der Waals surface area contributed by atoms with Crippen molar-refractivity contribution in [1.82, 2.24) is 10.2 Å². The minimum Gasteiger partial charge on any atom is -0.336 e. The number of rotatable bonds is 4. The monoisotopic (exact) mass is 339 g/mol. The number of nitrogens with one attached hydrogen (secondary N) is 2. The van der Waals surface area contributed by atoms with Gasteiger partial charge in [-0.1, -0.05) is 29.8 Å². The number of hydrogen-bond donors (Lipinski definition) is 2. The van der Waals surface area contributed by atoms with Crippen LogP contribution in [0, 0.1) is 30.6 Å². The Morgan fingerprint density at radius 2 is 1.68 bits per heavy atom. The molecule has 0 unspecified atom stereocenters. The standard InChI is InChI=1S/C19H21N3O3/c1-11-2-6-14(7-3-11)21-19(25)20-8-9-22-17(23)15-12-4-5-13(10-12)16(15)18(22)24/h2-7,12-13,15-16H,8-10H2,1H3,(H2,20,21,25)/t12-,13-,15-,16-/m0/s1. The number of imide groups is 1. The molecule has 2 bridgehead atoms. The van der Waals surface area contributed by atoms with E-state index in [1.807, 2.05) is 31.2 Å². The molecular formula is C19H21N3O3. The van der Waals surface area contributed by atoms with Crippen LogP contribution in [0.4, 0.5) is 10.5 Å². The van der Waals surface area contributed by atoms with Crippen LogP contribution < -0.4 is 10.6 Å². The maximum atomic E-state index is 12.5. The maximum absolute atomic E-state index is 12.5. The molecule has 1 saturated heterocycles. The molecule has 2 aliphatic carbocycles. The molecule has 1 heterocycles. The smallest absolute Gasteiger partial charge is 0.319 e. The second-order valence-corrected chi connectivity index (χ2v) is 7.07. The number of nitrogens with zero attached hydrogens (tertiary/aromatic N) is 1. The van der Waals surface area contributed by atoms with Gasteiger partial charge >= 0.3 is 6.03 Å². The SMILES string of the molecule is Cc1ccc(NC(=O)NCCN2C(=O)[C@@H]3[C@@H](C2=O)[C@H]2C=C[C@H]3C2)cc1. The summed E-state index contributed by atoms with van der Waals surface area (Å²) in [4.78, 5) is 38.3. The number of carbonyl (C=O) groups is 3. The molecule has 1 saturated carbocycles. The number of urea groups is 1. The summed E-state index contributed by atoms with van der Waals surface area (Å²) in [5, 5.41) is 5.44. The lowest BCUT2D eigenvalue weighted by Crippen LogP contribution is -2.40. The van der Waals surface area contributed by atoms with Gasteiger partial charge in [-0.15, -0.1) is 0 Å². The number of fused-ring (bicyclic) bond motifs is 5. The lowest BCUT2D eigenvalue weighted by atomic mass is 9.85. The molecule has 4 amide bonds. The van der Waals surface area contributed by atoms with Crippen LogP contribution in [-0.2, 0) is 9.59 Å². The Balaban J connectivity index is 1.29. The number of hydrogen-bond acceptors (Lipinski definition) is 3. The van der Waals surface area contributed by atoms with Gasteiger partial charge in [0.25, 0.3) is 0 Å². The second kappa shape index (κ2) is 6.02. The predicted octanol–water partition coefficient (Wildman–Crippen LogP) is 1.92. The highest BCUT2D eigenvalue weighted by Gasteiger charge is 2.58. The average Bonchev–Trinajstić information content (AvgIpc) is 3.26. The molecule has 6 heteroatoms. The van der Waals surface area contributed by atoms with Gasteiger partial charge in [-0.3, -0.25) is 14.5 Å². The summed E-state index contributed by atoms with van der Waals surface area (Å²) in [6, 6.07) is 7.14.